The molecule has 1 amide bonds. The van der Waals surface area contributed by atoms with Gasteiger partial charge in [0.1, 0.15) is 17.3 Å². The fourth-order valence-corrected chi connectivity index (χ4v) is 2.72. The lowest BCUT2D eigenvalue weighted by Gasteiger charge is -2.08. The van der Waals surface area contributed by atoms with E-state index in [9.17, 15) is 4.79 Å². The Kier molecular flexibility index (Phi) is 6.95. The lowest BCUT2D eigenvalue weighted by atomic mass is 10.1. The molecular weight excluding hydrogens is 352 g/mol. The molecule has 0 aliphatic heterocycles. The highest BCUT2D eigenvalue weighted by Crippen LogP contribution is 2.12. The first-order valence-corrected chi connectivity index (χ1v) is 9.25. The average molecular weight is 376 g/mol. The van der Waals surface area contributed by atoms with Gasteiger partial charge in [-0.25, -0.2) is 9.97 Å². The van der Waals surface area contributed by atoms with Gasteiger partial charge in [0.05, 0.1) is 19.5 Å². The van der Waals surface area contributed by atoms with Crippen molar-refractivity contribution in [3.05, 3.63) is 83.8 Å². The summed E-state index contributed by atoms with van der Waals surface area (Å²) in [6, 6.07) is 18.0. The van der Waals surface area contributed by atoms with E-state index in [0.717, 1.165) is 25.1 Å². The van der Waals surface area contributed by atoms with Crippen molar-refractivity contribution in [1.29, 1.82) is 0 Å². The fraction of sp³-hybridized carbons (Fsp3) is 0.227. The van der Waals surface area contributed by atoms with Crippen molar-refractivity contribution in [3.8, 4) is 5.75 Å². The van der Waals surface area contributed by atoms with E-state index in [0.29, 0.717) is 18.1 Å². The number of nitrogens with one attached hydrogen (secondary N) is 2. The van der Waals surface area contributed by atoms with Gasteiger partial charge in [-0.15, -0.1) is 0 Å². The van der Waals surface area contributed by atoms with Crippen LogP contribution < -0.4 is 15.4 Å². The Hall–Kier alpha value is -3.41. The van der Waals surface area contributed by atoms with Gasteiger partial charge >= 0.3 is 0 Å². The van der Waals surface area contributed by atoms with Crippen molar-refractivity contribution < 1.29 is 9.53 Å². The van der Waals surface area contributed by atoms with Gasteiger partial charge in [0, 0.05) is 13.1 Å². The molecule has 0 bridgehead atoms. The number of carbonyl (C=O) groups excluding carboxylic acids is 1. The Balaban J connectivity index is 1.41. The second-order valence-corrected chi connectivity index (χ2v) is 6.30. The lowest BCUT2D eigenvalue weighted by Crippen LogP contribution is -2.26. The molecule has 0 spiro atoms. The third-order valence-electron chi connectivity index (χ3n) is 4.31. The van der Waals surface area contributed by atoms with E-state index in [1.54, 1.807) is 13.3 Å². The number of amides is 1. The molecule has 0 atom stereocenters. The van der Waals surface area contributed by atoms with Gasteiger partial charge < -0.3 is 15.4 Å². The number of aromatic nitrogens is 2. The summed E-state index contributed by atoms with van der Waals surface area (Å²) in [5, 5.41) is 6.08. The monoisotopic (exact) mass is 376 g/mol. The highest BCUT2D eigenvalue weighted by molar-refractivity contribution is 5.91. The summed E-state index contributed by atoms with van der Waals surface area (Å²) >= 11 is 0. The molecule has 1 aromatic heterocycles. The second-order valence-electron chi connectivity index (χ2n) is 6.30. The minimum Gasteiger partial charge on any atom is -0.497 e. The lowest BCUT2D eigenvalue weighted by molar-refractivity contribution is 0.0949. The summed E-state index contributed by atoms with van der Waals surface area (Å²) in [5.74, 6) is 1.28. The molecule has 2 N–H and O–H groups in total. The van der Waals surface area contributed by atoms with Crippen LogP contribution in [0.15, 0.2) is 67.0 Å². The summed E-state index contributed by atoms with van der Waals surface area (Å²) in [6.07, 6.45) is 4.71. The van der Waals surface area contributed by atoms with E-state index in [1.807, 2.05) is 54.6 Å². The number of hydrogen-bond donors (Lipinski definition) is 2. The molecule has 28 heavy (non-hydrogen) atoms. The van der Waals surface area contributed by atoms with Gasteiger partial charge in [0.25, 0.3) is 5.91 Å². The molecule has 6 heteroatoms. The van der Waals surface area contributed by atoms with E-state index in [2.05, 4.69) is 20.6 Å². The van der Waals surface area contributed by atoms with Crippen LogP contribution in [0.1, 0.15) is 21.6 Å². The van der Waals surface area contributed by atoms with E-state index in [4.69, 9.17) is 4.74 Å². The molecular formula is C22H24N4O2. The Morgan fingerprint density at radius 3 is 2.29 bits per heavy atom. The number of ether oxygens (including phenoxy) is 1. The van der Waals surface area contributed by atoms with Crippen LogP contribution in [0.3, 0.4) is 0 Å². The van der Waals surface area contributed by atoms with E-state index in [-0.39, 0.29) is 5.91 Å². The third kappa shape index (κ3) is 5.81. The zero-order valence-corrected chi connectivity index (χ0v) is 15.9. The quantitative estimate of drug-likeness (QED) is 0.600. The molecule has 0 unspecified atom stereocenters. The van der Waals surface area contributed by atoms with Crippen LogP contribution in [-0.4, -0.2) is 36.1 Å². The van der Waals surface area contributed by atoms with Crippen LogP contribution in [0.25, 0.3) is 0 Å². The van der Waals surface area contributed by atoms with Gasteiger partial charge in [-0.05, 0) is 36.1 Å². The van der Waals surface area contributed by atoms with Gasteiger partial charge in [-0.3, -0.25) is 4.79 Å². The zero-order valence-electron chi connectivity index (χ0n) is 15.9. The third-order valence-corrected chi connectivity index (χ3v) is 4.31. The number of hydrogen-bond acceptors (Lipinski definition) is 5. The maximum Gasteiger partial charge on any atom is 0.271 e. The number of carbonyl (C=O) groups is 1. The summed E-state index contributed by atoms with van der Waals surface area (Å²) in [6.45, 7) is 1.29. The summed E-state index contributed by atoms with van der Waals surface area (Å²) in [5.41, 5.74) is 2.70. The number of anilines is 1. The molecule has 6 nitrogen and oxygen atoms in total. The van der Waals surface area contributed by atoms with Crippen molar-refractivity contribution in [2.75, 3.05) is 25.5 Å². The fourth-order valence-electron chi connectivity index (χ4n) is 2.72. The normalized spacial score (nSPS) is 10.3. The summed E-state index contributed by atoms with van der Waals surface area (Å²) in [4.78, 5) is 20.6. The topological polar surface area (TPSA) is 76.1 Å². The SMILES string of the molecule is COc1ccc(CCNc2cnc(C(=O)NCCc3ccccc3)cn2)cc1. The maximum atomic E-state index is 12.2. The Morgan fingerprint density at radius 1 is 0.893 bits per heavy atom. The van der Waals surface area contributed by atoms with Crippen LogP contribution in [0.4, 0.5) is 5.82 Å². The minimum atomic E-state index is -0.215. The van der Waals surface area contributed by atoms with Crippen molar-refractivity contribution in [2.24, 2.45) is 0 Å². The Labute approximate surface area is 165 Å². The van der Waals surface area contributed by atoms with E-state index < -0.39 is 0 Å². The van der Waals surface area contributed by atoms with Gasteiger partial charge in [0.15, 0.2) is 0 Å². The standard InChI is InChI=1S/C22H24N4O2/c1-28-19-9-7-18(8-10-19)11-13-23-21-16-25-20(15-26-21)22(27)24-14-12-17-5-3-2-4-6-17/h2-10,15-16H,11-14H2,1H3,(H,23,26)(H,24,27). The molecule has 0 saturated carbocycles. The summed E-state index contributed by atoms with van der Waals surface area (Å²) < 4.78 is 5.15. The number of benzene rings is 2. The largest absolute Gasteiger partial charge is 0.497 e. The molecule has 0 aliphatic carbocycles. The second kappa shape index (κ2) is 10.1. The van der Waals surface area contributed by atoms with Crippen molar-refractivity contribution in [3.63, 3.8) is 0 Å². The first-order valence-electron chi connectivity index (χ1n) is 9.25. The Morgan fingerprint density at radius 2 is 1.61 bits per heavy atom. The first kappa shape index (κ1) is 19.4. The number of methoxy groups -OCH3 is 1. The van der Waals surface area contributed by atoms with E-state index >= 15 is 0 Å². The number of rotatable bonds is 9. The van der Waals surface area contributed by atoms with Gasteiger partial charge in [0.2, 0.25) is 0 Å². The van der Waals surface area contributed by atoms with Gasteiger partial charge in [-0.1, -0.05) is 42.5 Å². The van der Waals surface area contributed by atoms with E-state index in [1.165, 1.54) is 17.3 Å². The molecule has 0 saturated heterocycles. The van der Waals surface area contributed by atoms with Crippen molar-refractivity contribution in [1.82, 2.24) is 15.3 Å². The molecule has 3 aromatic rings. The zero-order chi connectivity index (χ0) is 19.6. The van der Waals surface area contributed by atoms with Crippen LogP contribution in [0.2, 0.25) is 0 Å². The highest BCUT2D eigenvalue weighted by Gasteiger charge is 2.07. The predicted molar refractivity (Wildman–Crippen MR) is 110 cm³/mol. The van der Waals surface area contributed by atoms with Gasteiger partial charge in [-0.2, -0.15) is 0 Å². The van der Waals surface area contributed by atoms with Crippen molar-refractivity contribution in [2.45, 2.75) is 12.8 Å². The molecule has 0 aliphatic rings. The Bertz CT molecular complexity index is 865. The predicted octanol–water partition coefficient (Wildman–Crippen LogP) is 3.11. The molecule has 3 rings (SSSR count). The van der Waals surface area contributed by atoms with Crippen LogP contribution >= 0.6 is 0 Å². The smallest absolute Gasteiger partial charge is 0.271 e. The molecule has 2 aromatic carbocycles. The van der Waals surface area contributed by atoms with Crippen LogP contribution in [0, 0.1) is 0 Å². The van der Waals surface area contributed by atoms with Crippen molar-refractivity contribution >= 4 is 11.7 Å². The molecule has 1 heterocycles. The first-order chi connectivity index (χ1) is 13.7. The molecule has 0 radical (unpaired) electrons. The maximum absolute atomic E-state index is 12.2. The van der Waals surface area contributed by atoms with Crippen LogP contribution in [0.5, 0.6) is 5.75 Å². The highest BCUT2D eigenvalue weighted by atomic mass is 16.5. The number of nitrogens with zero attached hydrogens (tertiary/aromatic N) is 2. The summed E-state index contributed by atoms with van der Waals surface area (Å²) in [7, 11) is 1.66. The minimum absolute atomic E-state index is 0.215. The van der Waals surface area contributed by atoms with Crippen LogP contribution in [-0.2, 0) is 12.8 Å². The molecule has 144 valence electrons. The average Bonchev–Trinajstić information content (AvgIpc) is 2.75. The molecule has 0 fully saturated rings.